The Bertz CT molecular complexity index is 1260. The number of thiocarbonyl (C=S) groups is 1. The SMILES string of the molecule is COc1cccc(N2C(=S)NC(c3ccccn3)C2c2cccn2-c2ccccc2F)c1. The molecule has 0 saturated carbocycles. The number of hydrogen-bond acceptors (Lipinski definition) is 3. The van der Waals surface area contributed by atoms with Crippen LogP contribution >= 0.6 is 12.2 Å². The second-order valence-corrected chi connectivity index (χ2v) is 7.84. The summed E-state index contributed by atoms with van der Waals surface area (Å²) >= 11 is 5.78. The van der Waals surface area contributed by atoms with Gasteiger partial charge in [-0.2, -0.15) is 0 Å². The highest BCUT2D eigenvalue weighted by atomic mass is 32.1. The smallest absolute Gasteiger partial charge is 0.174 e. The van der Waals surface area contributed by atoms with Crippen LogP contribution in [0.1, 0.15) is 23.5 Å². The molecule has 0 radical (unpaired) electrons. The van der Waals surface area contributed by atoms with Gasteiger partial charge >= 0.3 is 0 Å². The van der Waals surface area contributed by atoms with Crippen LogP contribution in [0.5, 0.6) is 5.75 Å². The van der Waals surface area contributed by atoms with Crippen molar-refractivity contribution in [1.82, 2.24) is 14.9 Å². The van der Waals surface area contributed by atoms with Crippen LogP contribution in [0.25, 0.3) is 5.69 Å². The summed E-state index contributed by atoms with van der Waals surface area (Å²) in [6.45, 7) is 0. The van der Waals surface area contributed by atoms with E-state index in [1.165, 1.54) is 6.07 Å². The number of benzene rings is 2. The Balaban J connectivity index is 1.68. The van der Waals surface area contributed by atoms with Crippen LogP contribution in [0, 0.1) is 5.82 Å². The van der Waals surface area contributed by atoms with Crippen molar-refractivity contribution in [1.29, 1.82) is 0 Å². The summed E-state index contributed by atoms with van der Waals surface area (Å²) in [6.07, 6.45) is 3.63. The lowest BCUT2D eigenvalue weighted by Crippen LogP contribution is -2.30. The van der Waals surface area contributed by atoms with E-state index < -0.39 is 0 Å². The number of hydrogen-bond donors (Lipinski definition) is 1. The lowest BCUT2D eigenvalue weighted by Gasteiger charge is -2.29. The molecule has 5 rings (SSSR count). The van der Waals surface area contributed by atoms with Crippen molar-refractivity contribution in [3.05, 3.63) is 108 Å². The van der Waals surface area contributed by atoms with Gasteiger partial charge in [-0.1, -0.05) is 24.3 Å². The molecule has 1 aliphatic heterocycles. The molecule has 1 saturated heterocycles. The van der Waals surface area contributed by atoms with Crippen molar-refractivity contribution in [2.75, 3.05) is 12.0 Å². The number of pyridine rings is 1. The molecule has 160 valence electrons. The van der Waals surface area contributed by atoms with E-state index in [9.17, 15) is 4.39 Å². The van der Waals surface area contributed by atoms with Crippen molar-refractivity contribution in [2.24, 2.45) is 0 Å². The van der Waals surface area contributed by atoms with Gasteiger partial charge in [0.05, 0.1) is 24.5 Å². The number of aromatic nitrogens is 2. The number of halogens is 1. The molecule has 7 heteroatoms. The van der Waals surface area contributed by atoms with Crippen LogP contribution in [0.4, 0.5) is 10.1 Å². The number of nitrogens with one attached hydrogen (secondary N) is 1. The maximum atomic E-state index is 14.7. The molecule has 2 unspecified atom stereocenters. The largest absolute Gasteiger partial charge is 0.497 e. The van der Waals surface area contributed by atoms with Crippen LogP contribution in [0.15, 0.2) is 91.3 Å². The van der Waals surface area contributed by atoms with Crippen molar-refractivity contribution in [3.8, 4) is 11.4 Å². The minimum Gasteiger partial charge on any atom is -0.497 e. The summed E-state index contributed by atoms with van der Waals surface area (Å²) in [6, 6.07) is 23.7. The van der Waals surface area contributed by atoms with E-state index in [4.69, 9.17) is 17.0 Å². The predicted octanol–water partition coefficient (Wildman–Crippen LogP) is 5.20. The fourth-order valence-corrected chi connectivity index (χ4v) is 4.54. The third-order valence-electron chi connectivity index (χ3n) is 5.62. The standard InChI is InChI=1S/C25H21FN4OS/c1-31-18-9-6-8-17(16-18)30-24(23(28-25(30)32)20-11-4-5-14-27-20)22-13-7-15-29(22)21-12-3-2-10-19(21)26/h2-16,23-24H,1H3,(H,28,32). The average molecular weight is 445 g/mol. The topological polar surface area (TPSA) is 42.3 Å². The number of methoxy groups -OCH3 is 1. The normalized spacial score (nSPS) is 17.9. The predicted molar refractivity (Wildman–Crippen MR) is 127 cm³/mol. The molecule has 1 fully saturated rings. The van der Waals surface area contributed by atoms with Crippen molar-refractivity contribution < 1.29 is 9.13 Å². The Labute approximate surface area is 191 Å². The van der Waals surface area contributed by atoms with E-state index in [0.29, 0.717) is 10.8 Å². The average Bonchev–Trinajstić information content (AvgIpc) is 3.44. The summed E-state index contributed by atoms with van der Waals surface area (Å²) in [4.78, 5) is 6.63. The van der Waals surface area contributed by atoms with Gasteiger partial charge < -0.3 is 19.5 Å². The summed E-state index contributed by atoms with van der Waals surface area (Å²) in [5.41, 5.74) is 3.11. The Morgan fingerprint density at radius 3 is 2.62 bits per heavy atom. The first-order chi connectivity index (χ1) is 15.7. The number of anilines is 1. The van der Waals surface area contributed by atoms with Crippen molar-refractivity contribution >= 4 is 23.0 Å². The number of rotatable bonds is 5. The maximum absolute atomic E-state index is 14.7. The van der Waals surface area contributed by atoms with Crippen molar-refractivity contribution in [2.45, 2.75) is 12.1 Å². The first kappa shape index (κ1) is 20.2. The minimum atomic E-state index is -0.291. The van der Waals surface area contributed by atoms with Crippen LogP contribution in [-0.4, -0.2) is 21.8 Å². The zero-order chi connectivity index (χ0) is 22.1. The Morgan fingerprint density at radius 2 is 1.84 bits per heavy atom. The quantitative estimate of drug-likeness (QED) is 0.429. The number of para-hydroxylation sites is 1. The monoisotopic (exact) mass is 444 g/mol. The van der Waals surface area contributed by atoms with E-state index in [2.05, 4.69) is 10.3 Å². The summed E-state index contributed by atoms with van der Waals surface area (Å²) in [5.74, 6) is 0.440. The van der Waals surface area contributed by atoms with Gasteiger partial charge in [0, 0.05) is 29.8 Å². The zero-order valence-electron chi connectivity index (χ0n) is 17.4. The zero-order valence-corrected chi connectivity index (χ0v) is 18.2. The highest BCUT2D eigenvalue weighted by Crippen LogP contribution is 2.42. The first-order valence-electron chi connectivity index (χ1n) is 10.2. The molecule has 5 nitrogen and oxygen atoms in total. The van der Waals surface area contributed by atoms with E-state index in [1.54, 1.807) is 25.4 Å². The van der Waals surface area contributed by atoms with Crippen molar-refractivity contribution in [3.63, 3.8) is 0 Å². The van der Waals surface area contributed by atoms with Crippen LogP contribution in [0.2, 0.25) is 0 Å². The molecule has 0 amide bonds. The molecule has 0 bridgehead atoms. The van der Waals surface area contributed by atoms with Gasteiger partial charge in [-0.25, -0.2) is 4.39 Å². The molecular weight excluding hydrogens is 423 g/mol. The second-order valence-electron chi connectivity index (χ2n) is 7.45. The van der Waals surface area contributed by atoms with Gasteiger partial charge in [0.25, 0.3) is 0 Å². The summed E-state index contributed by atoms with van der Waals surface area (Å²) in [5, 5.41) is 4.00. The van der Waals surface area contributed by atoms with Gasteiger partial charge in [-0.05, 0) is 60.7 Å². The number of nitrogens with zero attached hydrogens (tertiary/aromatic N) is 3. The highest BCUT2D eigenvalue weighted by molar-refractivity contribution is 7.80. The molecule has 4 aromatic rings. The van der Waals surface area contributed by atoms with Gasteiger partial charge in [-0.3, -0.25) is 4.98 Å². The highest BCUT2D eigenvalue weighted by Gasteiger charge is 2.42. The molecule has 1 aliphatic rings. The van der Waals surface area contributed by atoms with E-state index in [1.807, 2.05) is 76.3 Å². The molecule has 3 heterocycles. The van der Waals surface area contributed by atoms with E-state index in [0.717, 1.165) is 22.8 Å². The third-order valence-corrected chi connectivity index (χ3v) is 5.94. The lowest BCUT2D eigenvalue weighted by molar-refractivity contribution is 0.414. The Hall–Kier alpha value is -3.71. The first-order valence-corrected chi connectivity index (χ1v) is 10.6. The molecule has 0 aliphatic carbocycles. The van der Waals surface area contributed by atoms with E-state index >= 15 is 0 Å². The van der Waals surface area contributed by atoms with E-state index in [-0.39, 0.29) is 17.9 Å². The van der Waals surface area contributed by atoms with Crippen LogP contribution in [0.3, 0.4) is 0 Å². The van der Waals surface area contributed by atoms with Gasteiger partial charge in [0.1, 0.15) is 17.6 Å². The summed E-state index contributed by atoms with van der Waals surface area (Å²) < 4.78 is 22.0. The molecule has 2 aromatic carbocycles. The van der Waals surface area contributed by atoms with Gasteiger partial charge in [-0.15, -0.1) is 0 Å². The molecular formula is C25H21FN4OS. The molecule has 1 N–H and O–H groups in total. The summed E-state index contributed by atoms with van der Waals surface area (Å²) in [7, 11) is 1.64. The third kappa shape index (κ3) is 3.50. The minimum absolute atomic E-state index is 0.227. The number of ether oxygens (including phenoxy) is 1. The molecule has 32 heavy (non-hydrogen) atoms. The van der Waals surface area contributed by atoms with Gasteiger partial charge in [0.2, 0.25) is 0 Å². The molecule has 2 aromatic heterocycles. The fraction of sp³-hybridized carbons (Fsp3) is 0.120. The Morgan fingerprint density at radius 1 is 1.00 bits per heavy atom. The lowest BCUT2D eigenvalue weighted by atomic mass is 10.0. The van der Waals surface area contributed by atoms with Crippen LogP contribution < -0.4 is 15.0 Å². The fourth-order valence-electron chi connectivity index (χ4n) is 4.20. The molecule has 0 spiro atoms. The van der Waals surface area contributed by atoms with Gasteiger partial charge in [0.15, 0.2) is 5.11 Å². The Kier molecular flexibility index (Phi) is 5.33. The molecule has 2 atom stereocenters. The second kappa shape index (κ2) is 8.43. The maximum Gasteiger partial charge on any atom is 0.174 e. The van der Waals surface area contributed by atoms with Crippen LogP contribution in [-0.2, 0) is 0 Å².